The van der Waals surface area contributed by atoms with Crippen LogP contribution in [0.25, 0.3) is 0 Å². The van der Waals surface area contributed by atoms with Crippen LogP contribution >= 0.6 is 0 Å². The second-order valence-electron chi connectivity index (χ2n) is 3.85. The molecule has 0 saturated carbocycles. The monoisotopic (exact) mass is 274 g/mol. The highest BCUT2D eigenvalue weighted by molar-refractivity contribution is 5.12. The fraction of sp³-hybridized carbons (Fsp3) is 0.538. The molecular weight excluding hydrogens is 252 g/mol. The van der Waals surface area contributed by atoms with Gasteiger partial charge in [-0.1, -0.05) is 30.3 Å². The topological polar surface area (TPSA) is 110 Å². The first-order valence-electron chi connectivity index (χ1n) is 5.94. The maximum atomic E-state index is 8.72. The molecule has 19 heavy (non-hydrogen) atoms. The van der Waals surface area contributed by atoms with E-state index in [2.05, 4.69) is 0 Å². The Morgan fingerprint density at radius 3 is 1.63 bits per heavy atom. The van der Waals surface area contributed by atoms with E-state index in [0.29, 0.717) is 0 Å². The highest BCUT2D eigenvalue weighted by Crippen LogP contribution is 1.95. The maximum Gasteiger partial charge on any atom is 0.100 e. The van der Waals surface area contributed by atoms with Crippen LogP contribution in [0.4, 0.5) is 0 Å². The van der Waals surface area contributed by atoms with Crippen molar-refractivity contribution in [2.75, 3.05) is 26.4 Å². The van der Waals surface area contributed by atoms with Gasteiger partial charge in [0.05, 0.1) is 33.0 Å². The van der Waals surface area contributed by atoms with Crippen LogP contribution < -0.4 is 0 Å². The predicted octanol–water partition coefficient (Wildman–Crippen LogP) is -1.11. The maximum absolute atomic E-state index is 8.72. The van der Waals surface area contributed by atoms with Crippen molar-refractivity contribution in [1.82, 2.24) is 0 Å². The number of hydrogen-bond donors (Lipinski definition) is 5. The summed E-state index contributed by atoms with van der Waals surface area (Å²) in [6.07, 6.45) is -1.83. The Bertz CT molecular complexity index is 282. The number of ether oxygens (including phenoxy) is 1. The van der Waals surface area contributed by atoms with Crippen LogP contribution in [0.1, 0.15) is 5.56 Å². The number of hydrogen-bond acceptors (Lipinski definition) is 6. The largest absolute Gasteiger partial charge is 0.394 e. The van der Waals surface area contributed by atoms with Crippen molar-refractivity contribution in [2.45, 2.75) is 18.8 Å². The van der Waals surface area contributed by atoms with Gasteiger partial charge in [0.2, 0.25) is 0 Å². The zero-order valence-electron chi connectivity index (χ0n) is 10.7. The van der Waals surface area contributed by atoms with Gasteiger partial charge in [-0.15, -0.1) is 0 Å². The third kappa shape index (κ3) is 10.6. The van der Waals surface area contributed by atoms with Crippen LogP contribution in [0, 0.1) is 0 Å². The molecule has 6 heteroatoms. The Labute approximate surface area is 112 Å². The minimum absolute atomic E-state index is 0.0342. The van der Waals surface area contributed by atoms with Crippen LogP contribution in [0.2, 0.25) is 0 Å². The lowest BCUT2D eigenvalue weighted by Crippen LogP contribution is -2.25. The number of aliphatic hydroxyl groups is 5. The van der Waals surface area contributed by atoms with Crippen LogP contribution in [0.3, 0.4) is 0 Å². The summed E-state index contributed by atoms with van der Waals surface area (Å²) in [5.74, 6) is 0. The lowest BCUT2D eigenvalue weighted by molar-refractivity contribution is -0.0364. The van der Waals surface area contributed by atoms with E-state index in [1.54, 1.807) is 0 Å². The van der Waals surface area contributed by atoms with Gasteiger partial charge in [-0.3, -0.25) is 0 Å². The smallest absolute Gasteiger partial charge is 0.100 e. The van der Waals surface area contributed by atoms with Gasteiger partial charge >= 0.3 is 0 Å². The van der Waals surface area contributed by atoms with Gasteiger partial charge in [0.25, 0.3) is 0 Å². The first kappa shape index (κ1) is 18.0. The summed E-state index contributed by atoms with van der Waals surface area (Å²) in [5, 5.41) is 42.6. The van der Waals surface area contributed by atoms with E-state index < -0.39 is 12.2 Å². The van der Waals surface area contributed by atoms with Crippen molar-refractivity contribution in [2.24, 2.45) is 0 Å². The molecule has 6 nitrogen and oxygen atoms in total. The van der Waals surface area contributed by atoms with E-state index in [0.717, 1.165) is 5.56 Å². The summed E-state index contributed by atoms with van der Waals surface area (Å²) < 4.78 is 4.72. The molecule has 0 heterocycles. The van der Waals surface area contributed by atoms with Crippen LogP contribution in [0.5, 0.6) is 0 Å². The quantitative estimate of drug-likeness (QED) is 0.431. The molecule has 0 radical (unpaired) electrons. The van der Waals surface area contributed by atoms with Crippen molar-refractivity contribution in [3.8, 4) is 0 Å². The summed E-state index contributed by atoms with van der Waals surface area (Å²) in [4.78, 5) is 0. The SMILES string of the molecule is OCC(O)COCC(O)CO.OCc1ccccc1. The van der Waals surface area contributed by atoms with Gasteiger partial charge in [0.15, 0.2) is 0 Å². The molecule has 0 spiro atoms. The van der Waals surface area contributed by atoms with Gasteiger partial charge in [-0.2, -0.15) is 0 Å². The first-order valence-corrected chi connectivity index (χ1v) is 5.94. The third-order valence-corrected chi connectivity index (χ3v) is 2.07. The minimum atomic E-state index is -0.916. The van der Waals surface area contributed by atoms with Gasteiger partial charge < -0.3 is 30.3 Å². The second-order valence-corrected chi connectivity index (χ2v) is 3.85. The van der Waals surface area contributed by atoms with E-state index in [1.807, 2.05) is 30.3 Å². The molecular formula is C13H22O6. The highest BCUT2D eigenvalue weighted by atomic mass is 16.5. The van der Waals surface area contributed by atoms with Crippen LogP contribution in [0.15, 0.2) is 30.3 Å². The normalized spacial score (nSPS) is 13.3. The summed E-state index contributed by atoms with van der Waals surface area (Å²) >= 11 is 0. The molecule has 0 bridgehead atoms. The molecule has 0 aliphatic rings. The zero-order valence-corrected chi connectivity index (χ0v) is 10.7. The van der Waals surface area contributed by atoms with Crippen molar-refractivity contribution >= 4 is 0 Å². The van der Waals surface area contributed by atoms with Crippen LogP contribution in [-0.4, -0.2) is 64.2 Å². The number of benzene rings is 1. The van der Waals surface area contributed by atoms with Crippen LogP contribution in [-0.2, 0) is 11.3 Å². The predicted molar refractivity (Wildman–Crippen MR) is 69.4 cm³/mol. The molecule has 0 amide bonds. The standard InChI is InChI=1S/C7H8O.C6H14O5/c8-6-7-4-2-1-3-5-7;7-1-5(9)3-11-4-6(10)2-8/h1-5,8H,6H2;5-10H,1-4H2. The minimum Gasteiger partial charge on any atom is -0.394 e. The van der Waals surface area contributed by atoms with Gasteiger partial charge in [0, 0.05) is 0 Å². The summed E-state index contributed by atoms with van der Waals surface area (Å²) in [6.45, 7) is -0.660. The van der Waals surface area contributed by atoms with E-state index in [-0.39, 0.29) is 33.0 Å². The molecule has 0 fully saturated rings. The summed E-state index contributed by atoms with van der Waals surface area (Å²) in [5.41, 5.74) is 0.965. The van der Waals surface area contributed by atoms with Gasteiger partial charge in [-0.25, -0.2) is 0 Å². The molecule has 0 aliphatic heterocycles. The molecule has 110 valence electrons. The summed E-state index contributed by atoms with van der Waals surface area (Å²) in [7, 11) is 0. The average Bonchev–Trinajstić information content (AvgIpc) is 2.48. The lowest BCUT2D eigenvalue weighted by atomic mass is 10.2. The van der Waals surface area contributed by atoms with E-state index >= 15 is 0 Å². The van der Waals surface area contributed by atoms with Crippen molar-refractivity contribution in [1.29, 1.82) is 0 Å². The zero-order chi connectivity index (χ0) is 14.5. The lowest BCUT2D eigenvalue weighted by Gasteiger charge is -2.10. The fourth-order valence-corrected chi connectivity index (χ4v) is 1.03. The average molecular weight is 274 g/mol. The number of rotatable bonds is 7. The van der Waals surface area contributed by atoms with Crippen molar-refractivity contribution < 1.29 is 30.3 Å². The van der Waals surface area contributed by atoms with E-state index in [9.17, 15) is 0 Å². The summed E-state index contributed by atoms with van der Waals surface area (Å²) in [6, 6.07) is 9.52. The first-order chi connectivity index (χ1) is 9.13. The Morgan fingerprint density at radius 2 is 1.32 bits per heavy atom. The second kappa shape index (κ2) is 12.0. The molecule has 5 N–H and O–H groups in total. The Morgan fingerprint density at radius 1 is 0.842 bits per heavy atom. The Hall–Kier alpha value is -1.02. The van der Waals surface area contributed by atoms with E-state index in [4.69, 9.17) is 30.3 Å². The molecule has 0 aliphatic carbocycles. The van der Waals surface area contributed by atoms with Gasteiger partial charge in [-0.05, 0) is 5.56 Å². The molecule has 0 saturated heterocycles. The third-order valence-electron chi connectivity index (χ3n) is 2.07. The molecule has 1 aromatic carbocycles. The Balaban J connectivity index is 0.000000356. The molecule has 1 rings (SSSR count). The number of aliphatic hydroxyl groups excluding tert-OH is 5. The van der Waals surface area contributed by atoms with Gasteiger partial charge in [0.1, 0.15) is 12.2 Å². The molecule has 2 atom stereocenters. The fourth-order valence-electron chi connectivity index (χ4n) is 1.03. The van der Waals surface area contributed by atoms with Crippen molar-refractivity contribution in [3.63, 3.8) is 0 Å². The van der Waals surface area contributed by atoms with E-state index in [1.165, 1.54) is 0 Å². The van der Waals surface area contributed by atoms with Crippen molar-refractivity contribution in [3.05, 3.63) is 35.9 Å². The Kier molecular flexibility index (Phi) is 11.4. The highest BCUT2D eigenvalue weighted by Gasteiger charge is 2.04. The molecule has 1 aromatic rings. The molecule has 2 unspecified atom stereocenters. The molecule has 0 aromatic heterocycles.